The first-order chi connectivity index (χ1) is 13.4. The number of rotatable bonds is 4. The van der Waals surface area contributed by atoms with Crippen LogP contribution in [0.5, 0.6) is 0 Å². The van der Waals surface area contributed by atoms with Crippen molar-refractivity contribution in [2.75, 3.05) is 11.9 Å². The van der Waals surface area contributed by atoms with Gasteiger partial charge in [0.15, 0.2) is 0 Å². The molecule has 0 unspecified atom stereocenters. The molecule has 28 heavy (non-hydrogen) atoms. The van der Waals surface area contributed by atoms with E-state index < -0.39 is 11.7 Å². The zero-order valence-electron chi connectivity index (χ0n) is 15.3. The molecule has 0 amide bonds. The van der Waals surface area contributed by atoms with Crippen LogP contribution < -0.4 is 5.32 Å². The third kappa shape index (κ3) is 2.89. The molecule has 0 radical (unpaired) electrons. The molecular formula is C19H19F3N6. The van der Waals surface area contributed by atoms with E-state index in [0.29, 0.717) is 5.69 Å². The molecule has 2 aromatic rings. The molecule has 0 bridgehead atoms. The van der Waals surface area contributed by atoms with Gasteiger partial charge in [-0.2, -0.15) is 18.3 Å². The second kappa shape index (κ2) is 6.15. The van der Waals surface area contributed by atoms with Crippen LogP contribution in [0.4, 0.5) is 24.8 Å². The lowest BCUT2D eigenvalue weighted by Crippen LogP contribution is -2.14. The summed E-state index contributed by atoms with van der Waals surface area (Å²) < 4.78 is 41.6. The number of aliphatic imine (C=N–C) groups is 1. The fourth-order valence-electron chi connectivity index (χ4n) is 4.04. The summed E-state index contributed by atoms with van der Waals surface area (Å²) in [7, 11) is 0. The summed E-state index contributed by atoms with van der Waals surface area (Å²) in [5.74, 6) is 0.0447. The van der Waals surface area contributed by atoms with Crippen molar-refractivity contribution in [2.24, 2.45) is 4.99 Å². The van der Waals surface area contributed by atoms with Crippen LogP contribution in [0, 0.1) is 6.92 Å². The summed E-state index contributed by atoms with van der Waals surface area (Å²) in [4.78, 5) is 12.4. The number of hydrogen-bond donors (Lipinski definition) is 1. The zero-order chi connectivity index (χ0) is 19.5. The number of allylic oxidation sites excluding steroid dienone is 1. The monoisotopic (exact) mass is 388 g/mol. The van der Waals surface area contributed by atoms with E-state index in [1.54, 1.807) is 6.20 Å². The number of anilines is 2. The maximum atomic E-state index is 13.2. The summed E-state index contributed by atoms with van der Waals surface area (Å²) in [5, 5.41) is 7.57. The van der Waals surface area contributed by atoms with Gasteiger partial charge in [0.25, 0.3) is 0 Å². The van der Waals surface area contributed by atoms with Crippen LogP contribution in [-0.4, -0.2) is 32.5 Å². The van der Waals surface area contributed by atoms with Crippen molar-refractivity contribution in [1.29, 1.82) is 0 Å². The Morgan fingerprint density at radius 2 is 2.00 bits per heavy atom. The second-order valence-electron chi connectivity index (χ2n) is 7.55. The molecule has 0 saturated heterocycles. The van der Waals surface area contributed by atoms with E-state index in [0.717, 1.165) is 44.1 Å². The van der Waals surface area contributed by atoms with E-state index >= 15 is 0 Å². The lowest BCUT2D eigenvalue weighted by Gasteiger charge is -2.16. The largest absolute Gasteiger partial charge is 0.419 e. The highest BCUT2D eigenvalue weighted by atomic mass is 19.4. The van der Waals surface area contributed by atoms with Gasteiger partial charge in [-0.25, -0.2) is 9.97 Å². The van der Waals surface area contributed by atoms with Crippen molar-refractivity contribution >= 4 is 17.9 Å². The average molecular weight is 388 g/mol. The highest BCUT2D eigenvalue weighted by molar-refractivity contribution is 5.83. The molecule has 1 saturated carbocycles. The Kier molecular flexibility index (Phi) is 3.82. The Morgan fingerprint density at radius 1 is 1.18 bits per heavy atom. The maximum Gasteiger partial charge on any atom is 0.419 e. The predicted octanol–water partition coefficient (Wildman–Crippen LogP) is 4.34. The van der Waals surface area contributed by atoms with Gasteiger partial charge < -0.3 is 5.32 Å². The van der Waals surface area contributed by atoms with Gasteiger partial charge in [-0.1, -0.05) is 0 Å². The first-order valence-corrected chi connectivity index (χ1v) is 9.39. The number of alkyl halides is 3. The molecule has 9 heteroatoms. The molecule has 1 N–H and O–H groups in total. The summed E-state index contributed by atoms with van der Waals surface area (Å²) >= 11 is 0. The van der Waals surface area contributed by atoms with Gasteiger partial charge in [-0.05, 0) is 43.8 Å². The van der Waals surface area contributed by atoms with E-state index in [-0.39, 0.29) is 23.6 Å². The minimum Gasteiger partial charge on any atom is -0.321 e. The molecule has 2 aromatic heterocycles. The topological polar surface area (TPSA) is 68.0 Å². The Bertz CT molecular complexity index is 1000. The molecule has 3 heterocycles. The van der Waals surface area contributed by atoms with Gasteiger partial charge in [-0.15, -0.1) is 0 Å². The van der Waals surface area contributed by atoms with E-state index in [1.807, 2.05) is 17.8 Å². The molecule has 1 fully saturated rings. The molecule has 1 atom stereocenters. The van der Waals surface area contributed by atoms with Crippen molar-refractivity contribution in [1.82, 2.24) is 19.7 Å². The van der Waals surface area contributed by atoms with Gasteiger partial charge in [0.1, 0.15) is 0 Å². The smallest absolute Gasteiger partial charge is 0.321 e. The molecule has 0 aromatic carbocycles. The van der Waals surface area contributed by atoms with Crippen molar-refractivity contribution < 1.29 is 13.2 Å². The molecular weight excluding hydrogens is 369 g/mol. The van der Waals surface area contributed by atoms with E-state index in [1.165, 1.54) is 11.1 Å². The Hall–Kier alpha value is -2.71. The molecule has 3 aliphatic rings. The zero-order valence-corrected chi connectivity index (χ0v) is 15.3. The number of nitrogens with one attached hydrogen (secondary N) is 1. The standard InChI is InChI=1S/C19H19F3N6/c1-10-15(9-25-28(10)16-5-4-12-6-23-7-13(12)16)26-18-24-8-14(19(20,21)22)17(27-18)11-2-3-11/h6,8-9,11,16H,2-5,7H2,1H3,(H,24,26,27)/t16-/m1/s1. The summed E-state index contributed by atoms with van der Waals surface area (Å²) in [6, 6.07) is 0.184. The summed E-state index contributed by atoms with van der Waals surface area (Å²) in [6.07, 6.45) is 3.53. The highest BCUT2D eigenvalue weighted by Gasteiger charge is 2.40. The normalized spacial score (nSPS) is 21.5. The van der Waals surface area contributed by atoms with Crippen LogP contribution in [0.1, 0.15) is 54.6 Å². The molecule has 6 nitrogen and oxygen atoms in total. The highest BCUT2D eigenvalue weighted by Crippen LogP contribution is 2.45. The van der Waals surface area contributed by atoms with Crippen LogP contribution >= 0.6 is 0 Å². The van der Waals surface area contributed by atoms with Gasteiger partial charge in [0.2, 0.25) is 5.95 Å². The van der Waals surface area contributed by atoms with Crippen molar-refractivity contribution in [3.63, 3.8) is 0 Å². The van der Waals surface area contributed by atoms with E-state index in [4.69, 9.17) is 0 Å². The fourth-order valence-corrected chi connectivity index (χ4v) is 4.04. The van der Waals surface area contributed by atoms with Gasteiger partial charge in [-0.3, -0.25) is 9.67 Å². The molecule has 1 aliphatic heterocycles. The number of nitrogens with zero attached hydrogens (tertiary/aromatic N) is 5. The van der Waals surface area contributed by atoms with E-state index in [2.05, 4.69) is 25.4 Å². The van der Waals surface area contributed by atoms with Gasteiger partial charge >= 0.3 is 6.18 Å². The van der Waals surface area contributed by atoms with Crippen LogP contribution in [0.15, 0.2) is 28.5 Å². The Labute approximate surface area is 159 Å². The van der Waals surface area contributed by atoms with Crippen molar-refractivity contribution in [3.05, 3.63) is 40.5 Å². The van der Waals surface area contributed by atoms with Crippen molar-refractivity contribution in [2.45, 2.75) is 50.7 Å². The SMILES string of the molecule is Cc1c(Nc2ncc(C(F)(F)F)c(C3CC3)n2)cnn1[C@@H]1CCC2=C1CN=C2. The van der Waals surface area contributed by atoms with Crippen LogP contribution in [0.25, 0.3) is 0 Å². The Balaban J connectivity index is 1.42. The minimum absolute atomic E-state index is 0.0868. The fraction of sp³-hybridized carbons (Fsp3) is 0.474. The molecule has 0 spiro atoms. The summed E-state index contributed by atoms with van der Waals surface area (Å²) in [6.45, 7) is 2.66. The Morgan fingerprint density at radius 3 is 2.75 bits per heavy atom. The third-order valence-corrected chi connectivity index (χ3v) is 5.68. The first-order valence-electron chi connectivity index (χ1n) is 9.39. The van der Waals surface area contributed by atoms with Crippen molar-refractivity contribution in [3.8, 4) is 0 Å². The molecule has 5 rings (SSSR count). The van der Waals surface area contributed by atoms with Crippen LogP contribution in [0.3, 0.4) is 0 Å². The minimum atomic E-state index is -4.44. The quantitative estimate of drug-likeness (QED) is 0.846. The lowest BCUT2D eigenvalue weighted by atomic mass is 10.1. The van der Waals surface area contributed by atoms with Crippen LogP contribution in [0.2, 0.25) is 0 Å². The molecule has 146 valence electrons. The summed E-state index contributed by atoms with van der Waals surface area (Å²) in [5.41, 5.74) is 3.56. The third-order valence-electron chi connectivity index (χ3n) is 5.68. The number of aromatic nitrogens is 4. The van der Waals surface area contributed by atoms with E-state index in [9.17, 15) is 13.2 Å². The number of hydrogen-bond acceptors (Lipinski definition) is 5. The van der Waals surface area contributed by atoms with Gasteiger partial charge in [0, 0.05) is 18.3 Å². The maximum absolute atomic E-state index is 13.2. The lowest BCUT2D eigenvalue weighted by molar-refractivity contribution is -0.138. The van der Waals surface area contributed by atoms with Crippen LogP contribution in [-0.2, 0) is 6.18 Å². The predicted molar refractivity (Wildman–Crippen MR) is 97.9 cm³/mol. The van der Waals surface area contributed by atoms with Gasteiger partial charge in [0.05, 0.1) is 41.4 Å². The number of halogens is 3. The average Bonchev–Trinajstić information content (AvgIpc) is 3.11. The second-order valence-corrected chi connectivity index (χ2v) is 7.55. The first kappa shape index (κ1) is 17.4. The molecule has 2 aliphatic carbocycles.